The average molecular weight is 431 g/mol. The van der Waals surface area contributed by atoms with Gasteiger partial charge in [-0.25, -0.2) is 0 Å². The third-order valence-corrected chi connectivity index (χ3v) is 6.11. The highest BCUT2D eigenvalue weighted by Crippen LogP contribution is 2.29. The van der Waals surface area contributed by atoms with Crippen molar-refractivity contribution in [1.82, 2.24) is 19.2 Å². The zero-order valence-electron chi connectivity index (χ0n) is 16.5. The molecule has 0 aliphatic carbocycles. The lowest BCUT2D eigenvalue weighted by molar-refractivity contribution is 0.287. The minimum atomic E-state index is -0.0604. The Balaban J connectivity index is 1.84. The van der Waals surface area contributed by atoms with Gasteiger partial charge in [0.1, 0.15) is 4.70 Å². The molecule has 0 amide bonds. The number of benzene rings is 1. The second-order valence-electron chi connectivity index (χ2n) is 6.22. The molecule has 4 rings (SSSR count). The molecule has 0 N–H and O–H groups in total. The van der Waals surface area contributed by atoms with E-state index >= 15 is 0 Å². The molecule has 1 aromatic carbocycles. The third-order valence-electron chi connectivity index (χ3n) is 4.40. The van der Waals surface area contributed by atoms with E-state index in [1.807, 2.05) is 47.9 Å². The molecule has 0 atom stereocenters. The standard InChI is InChI=1S/C20H22N4O3S2/c1-4-26-15-8-7-13(11-16(15)27-5-2)12-23-18(25)17-14(9-10-29-17)24-19(23)21-22-20(24)28-6-3/h7-11H,4-6,12H2,1-3H3. The van der Waals surface area contributed by atoms with Crippen LogP contribution in [0.4, 0.5) is 0 Å². The van der Waals surface area contributed by atoms with Crippen molar-refractivity contribution in [3.8, 4) is 11.5 Å². The van der Waals surface area contributed by atoms with Crippen molar-refractivity contribution < 1.29 is 9.47 Å². The molecule has 9 heteroatoms. The van der Waals surface area contributed by atoms with Crippen LogP contribution >= 0.6 is 23.1 Å². The van der Waals surface area contributed by atoms with Crippen molar-refractivity contribution in [2.45, 2.75) is 32.5 Å². The number of ether oxygens (including phenoxy) is 2. The molecular weight excluding hydrogens is 408 g/mol. The van der Waals surface area contributed by atoms with Crippen molar-refractivity contribution in [1.29, 1.82) is 0 Å². The fraction of sp³-hybridized carbons (Fsp3) is 0.350. The van der Waals surface area contributed by atoms with E-state index in [9.17, 15) is 4.79 Å². The Kier molecular flexibility index (Phi) is 5.77. The molecule has 0 bridgehead atoms. The zero-order valence-corrected chi connectivity index (χ0v) is 18.2. The highest BCUT2D eigenvalue weighted by Gasteiger charge is 2.18. The Labute approximate surface area is 176 Å². The number of thiophene rings is 1. The summed E-state index contributed by atoms with van der Waals surface area (Å²) >= 11 is 3.05. The van der Waals surface area contributed by atoms with Crippen molar-refractivity contribution in [3.63, 3.8) is 0 Å². The molecule has 3 heterocycles. The van der Waals surface area contributed by atoms with E-state index in [-0.39, 0.29) is 5.56 Å². The maximum absolute atomic E-state index is 13.2. The molecule has 0 spiro atoms. The van der Waals surface area contributed by atoms with Crippen LogP contribution in [0.25, 0.3) is 16.0 Å². The molecule has 29 heavy (non-hydrogen) atoms. The Hall–Kier alpha value is -2.52. The number of nitrogens with zero attached hydrogens (tertiary/aromatic N) is 4. The summed E-state index contributed by atoms with van der Waals surface area (Å²) in [5, 5.41) is 11.4. The Morgan fingerprint density at radius 3 is 2.62 bits per heavy atom. The van der Waals surface area contributed by atoms with Gasteiger partial charge in [0.05, 0.1) is 25.3 Å². The Bertz CT molecular complexity index is 1210. The summed E-state index contributed by atoms with van der Waals surface area (Å²) in [4.78, 5) is 13.2. The maximum Gasteiger partial charge on any atom is 0.273 e. The van der Waals surface area contributed by atoms with Crippen molar-refractivity contribution in [3.05, 3.63) is 45.6 Å². The minimum Gasteiger partial charge on any atom is -0.490 e. The van der Waals surface area contributed by atoms with Crippen LogP contribution in [0, 0.1) is 0 Å². The fourth-order valence-electron chi connectivity index (χ4n) is 3.24. The summed E-state index contributed by atoms with van der Waals surface area (Å²) in [6, 6.07) is 7.71. The van der Waals surface area contributed by atoms with E-state index in [1.165, 1.54) is 11.3 Å². The lowest BCUT2D eigenvalue weighted by atomic mass is 10.2. The normalized spacial score (nSPS) is 11.4. The van der Waals surface area contributed by atoms with Gasteiger partial charge in [0.25, 0.3) is 5.56 Å². The summed E-state index contributed by atoms with van der Waals surface area (Å²) in [6.45, 7) is 7.42. The van der Waals surface area contributed by atoms with Gasteiger partial charge in [0.15, 0.2) is 16.7 Å². The lowest BCUT2D eigenvalue weighted by Gasteiger charge is -2.14. The summed E-state index contributed by atoms with van der Waals surface area (Å²) in [7, 11) is 0. The molecule has 0 radical (unpaired) electrons. The molecule has 7 nitrogen and oxygen atoms in total. The molecule has 0 saturated carbocycles. The highest BCUT2D eigenvalue weighted by molar-refractivity contribution is 7.99. The molecule has 0 saturated heterocycles. The van der Waals surface area contributed by atoms with Gasteiger partial charge in [-0.3, -0.25) is 13.8 Å². The van der Waals surface area contributed by atoms with Crippen molar-refractivity contribution >= 4 is 39.1 Å². The van der Waals surface area contributed by atoms with E-state index in [4.69, 9.17) is 9.47 Å². The second-order valence-corrected chi connectivity index (χ2v) is 8.37. The molecule has 0 aliphatic rings. The SMILES string of the molecule is CCOc1ccc(Cn2c(=O)c3sccc3n3c(SCC)nnc23)cc1OCC. The predicted octanol–water partition coefficient (Wildman–Crippen LogP) is 4.06. The summed E-state index contributed by atoms with van der Waals surface area (Å²) < 4.78 is 15.7. The zero-order chi connectivity index (χ0) is 20.4. The van der Waals surface area contributed by atoms with Gasteiger partial charge in [-0.2, -0.15) is 0 Å². The first-order valence-electron chi connectivity index (χ1n) is 9.54. The van der Waals surface area contributed by atoms with E-state index in [0.29, 0.717) is 41.7 Å². The maximum atomic E-state index is 13.2. The van der Waals surface area contributed by atoms with E-state index in [2.05, 4.69) is 17.1 Å². The number of thioether (sulfide) groups is 1. The van der Waals surface area contributed by atoms with Crippen LogP contribution in [0.5, 0.6) is 11.5 Å². The lowest BCUT2D eigenvalue weighted by Crippen LogP contribution is -2.23. The first-order valence-corrected chi connectivity index (χ1v) is 11.4. The second kappa shape index (κ2) is 8.46. The summed E-state index contributed by atoms with van der Waals surface area (Å²) in [5.41, 5.74) is 1.73. The fourth-order valence-corrected chi connectivity index (χ4v) is 4.73. The first-order chi connectivity index (χ1) is 14.2. The molecule has 0 unspecified atom stereocenters. The molecule has 3 aromatic heterocycles. The molecule has 4 aromatic rings. The van der Waals surface area contributed by atoms with E-state index in [1.54, 1.807) is 16.3 Å². The van der Waals surface area contributed by atoms with Crippen LogP contribution in [-0.4, -0.2) is 38.1 Å². The van der Waals surface area contributed by atoms with E-state index < -0.39 is 0 Å². The van der Waals surface area contributed by atoms with Gasteiger partial charge in [-0.05, 0) is 48.7 Å². The summed E-state index contributed by atoms with van der Waals surface area (Å²) in [6.07, 6.45) is 0. The number of hydrogen-bond acceptors (Lipinski definition) is 7. The Morgan fingerprint density at radius 2 is 1.86 bits per heavy atom. The van der Waals surface area contributed by atoms with Gasteiger partial charge < -0.3 is 9.47 Å². The first kappa shape index (κ1) is 19.8. The quantitative estimate of drug-likeness (QED) is 0.393. The minimum absolute atomic E-state index is 0.0604. The van der Waals surface area contributed by atoms with Gasteiger partial charge in [-0.1, -0.05) is 24.8 Å². The van der Waals surface area contributed by atoms with Crippen LogP contribution in [0.15, 0.2) is 39.6 Å². The predicted molar refractivity (Wildman–Crippen MR) is 117 cm³/mol. The van der Waals surface area contributed by atoms with Gasteiger partial charge in [0, 0.05) is 0 Å². The average Bonchev–Trinajstić information content (AvgIpc) is 3.35. The number of fused-ring (bicyclic) bond motifs is 3. The number of hydrogen-bond donors (Lipinski definition) is 0. The molecule has 0 aliphatic heterocycles. The molecule has 152 valence electrons. The van der Waals surface area contributed by atoms with Crippen LogP contribution in [0.1, 0.15) is 26.3 Å². The van der Waals surface area contributed by atoms with Gasteiger partial charge in [0.2, 0.25) is 5.78 Å². The largest absolute Gasteiger partial charge is 0.490 e. The van der Waals surface area contributed by atoms with Crippen LogP contribution in [-0.2, 0) is 6.54 Å². The molecular formula is C20H22N4O3S2. The number of rotatable bonds is 8. The monoisotopic (exact) mass is 430 g/mol. The van der Waals surface area contributed by atoms with Crippen LogP contribution in [0.3, 0.4) is 0 Å². The van der Waals surface area contributed by atoms with E-state index in [0.717, 1.165) is 22.0 Å². The van der Waals surface area contributed by atoms with Crippen molar-refractivity contribution in [2.24, 2.45) is 0 Å². The molecule has 0 fully saturated rings. The highest BCUT2D eigenvalue weighted by atomic mass is 32.2. The smallest absolute Gasteiger partial charge is 0.273 e. The topological polar surface area (TPSA) is 70.7 Å². The summed E-state index contributed by atoms with van der Waals surface area (Å²) in [5.74, 6) is 2.80. The van der Waals surface area contributed by atoms with Crippen molar-refractivity contribution in [2.75, 3.05) is 19.0 Å². The third kappa shape index (κ3) is 3.60. The number of aromatic nitrogens is 4. The Morgan fingerprint density at radius 1 is 1.07 bits per heavy atom. The van der Waals surface area contributed by atoms with Crippen LogP contribution < -0.4 is 15.0 Å². The van der Waals surface area contributed by atoms with Crippen LogP contribution in [0.2, 0.25) is 0 Å². The van der Waals surface area contributed by atoms with Gasteiger partial charge >= 0.3 is 0 Å². The van der Waals surface area contributed by atoms with Gasteiger partial charge in [-0.15, -0.1) is 21.5 Å².